The van der Waals surface area contributed by atoms with Crippen LogP contribution in [0.4, 0.5) is 0 Å². The van der Waals surface area contributed by atoms with Crippen LogP contribution in [0.1, 0.15) is 52.9 Å². The van der Waals surface area contributed by atoms with Crippen molar-refractivity contribution in [2.45, 2.75) is 52.9 Å². The van der Waals surface area contributed by atoms with Crippen LogP contribution in [0.25, 0.3) is 0 Å². The van der Waals surface area contributed by atoms with E-state index in [1.165, 1.54) is 25.7 Å². The molecule has 2 heteroatoms. The van der Waals surface area contributed by atoms with E-state index in [1.807, 2.05) is 0 Å². The van der Waals surface area contributed by atoms with E-state index in [9.17, 15) is 0 Å². The minimum atomic E-state index is 0.459. The molecule has 0 aliphatic carbocycles. The number of hydrogen-bond donors (Lipinski definition) is 2. The zero-order chi connectivity index (χ0) is 10.3. The second-order valence-corrected chi connectivity index (χ2v) is 5.22. The maximum absolute atomic E-state index is 4.32. The Morgan fingerprint density at radius 3 is 2.38 bits per heavy atom. The molecular weight excluding hydrogens is 196 g/mol. The molecule has 0 amide bonds. The molecule has 0 bridgehead atoms. The van der Waals surface area contributed by atoms with Crippen LogP contribution in [-0.2, 0) is 0 Å². The predicted octanol–water partition coefficient (Wildman–Crippen LogP) is 4.68. The molecule has 0 saturated heterocycles. The number of rotatable bonds is 6. The van der Waals surface area contributed by atoms with E-state index in [4.69, 9.17) is 0 Å². The summed E-state index contributed by atoms with van der Waals surface area (Å²) < 4.78 is 0. The molecular formula is C11H22S2. The summed E-state index contributed by atoms with van der Waals surface area (Å²) in [7, 11) is 0. The smallest absolute Gasteiger partial charge is 0.0124 e. The first-order valence-electron chi connectivity index (χ1n) is 5.04. The Labute approximate surface area is 94.0 Å². The maximum atomic E-state index is 4.32. The molecule has 78 valence electrons. The van der Waals surface area contributed by atoms with Gasteiger partial charge < -0.3 is 0 Å². The highest BCUT2D eigenvalue weighted by molar-refractivity contribution is 7.87. The van der Waals surface area contributed by atoms with Crippen LogP contribution in [0.5, 0.6) is 0 Å². The molecule has 0 aromatic rings. The molecule has 0 spiro atoms. The summed E-state index contributed by atoms with van der Waals surface area (Å²) in [5, 5.41) is 1.79. The lowest BCUT2D eigenvalue weighted by atomic mass is 9.83. The molecule has 0 saturated carbocycles. The fourth-order valence-corrected chi connectivity index (χ4v) is 1.55. The fraction of sp³-hybridized carbons (Fsp3) is 0.818. The van der Waals surface area contributed by atoms with Crippen molar-refractivity contribution in [3.05, 3.63) is 10.3 Å². The van der Waals surface area contributed by atoms with E-state index in [2.05, 4.69) is 46.0 Å². The third-order valence-electron chi connectivity index (χ3n) is 2.41. The normalized spacial score (nSPS) is 13.5. The van der Waals surface area contributed by atoms with Gasteiger partial charge in [-0.1, -0.05) is 33.6 Å². The highest BCUT2D eigenvalue weighted by Crippen LogP contribution is 2.31. The molecule has 0 fully saturated rings. The molecule has 0 aliphatic heterocycles. The highest BCUT2D eigenvalue weighted by atomic mass is 32.1. The molecule has 0 aromatic heterocycles. The van der Waals surface area contributed by atoms with Crippen molar-refractivity contribution in [1.29, 1.82) is 0 Å². The number of allylic oxidation sites excluding steroid dienone is 1. The number of hydrogen-bond acceptors (Lipinski definition) is 2. The number of thiol groups is 2. The van der Waals surface area contributed by atoms with Gasteiger partial charge in [-0.25, -0.2) is 0 Å². The molecule has 13 heavy (non-hydrogen) atoms. The molecule has 0 nitrogen and oxygen atoms in total. The SMILES string of the molecule is CCCCC(C)(C)CCC(S)=CS. The zero-order valence-corrected chi connectivity index (χ0v) is 10.8. The van der Waals surface area contributed by atoms with E-state index in [-0.39, 0.29) is 0 Å². The largest absolute Gasteiger partial charge is 0.151 e. The second-order valence-electron chi connectivity index (χ2n) is 4.39. The molecule has 0 atom stereocenters. The van der Waals surface area contributed by atoms with Crippen LogP contribution < -0.4 is 0 Å². The zero-order valence-electron chi connectivity index (χ0n) is 9.01. The Kier molecular flexibility index (Phi) is 7.06. The second kappa shape index (κ2) is 6.83. The summed E-state index contributed by atoms with van der Waals surface area (Å²) >= 11 is 8.40. The van der Waals surface area contributed by atoms with Gasteiger partial charge in [0.2, 0.25) is 0 Å². The summed E-state index contributed by atoms with van der Waals surface area (Å²) in [5.74, 6) is 0. The Balaban J connectivity index is 3.74. The molecule has 0 aromatic carbocycles. The molecule has 0 aliphatic rings. The van der Waals surface area contributed by atoms with E-state index >= 15 is 0 Å². The first-order valence-corrected chi connectivity index (χ1v) is 6.00. The van der Waals surface area contributed by atoms with Crippen molar-refractivity contribution in [2.75, 3.05) is 0 Å². The standard InChI is InChI=1S/C11H22S2/c1-4-5-7-11(2,3)8-6-10(13)9-12/h9,12-13H,4-8H2,1-3H3. The van der Waals surface area contributed by atoms with Crippen LogP contribution in [0.3, 0.4) is 0 Å². The summed E-state index contributed by atoms with van der Waals surface area (Å²) in [5.41, 5.74) is 0.459. The lowest BCUT2D eigenvalue weighted by Gasteiger charge is -2.24. The van der Waals surface area contributed by atoms with Gasteiger partial charge in [0.1, 0.15) is 0 Å². The van der Waals surface area contributed by atoms with Crippen LogP contribution >= 0.6 is 25.3 Å². The molecule has 0 heterocycles. The topological polar surface area (TPSA) is 0 Å². The van der Waals surface area contributed by atoms with Crippen LogP contribution in [-0.4, -0.2) is 0 Å². The Morgan fingerprint density at radius 1 is 1.31 bits per heavy atom. The van der Waals surface area contributed by atoms with E-state index in [0.29, 0.717) is 5.41 Å². The van der Waals surface area contributed by atoms with Gasteiger partial charge in [0, 0.05) is 0 Å². The van der Waals surface area contributed by atoms with Crippen LogP contribution in [0.2, 0.25) is 0 Å². The summed E-state index contributed by atoms with van der Waals surface area (Å²) in [6, 6.07) is 0. The third-order valence-corrected chi connectivity index (χ3v) is 3.28. The van der Waals surface area contributed by atoms with Gasteiger partial charge >= 0.3 is 0 Å². The van der Waals surface area contributed by atoms with Gasteiger partial charge in [0.05, 0.1) is 0 Å². The number of unbranched alkanes of at least 4 members (excludes halogenated alkanes) is 1. The third kappa shape index (κ3) is 7.51. The molecule has 0 N–H and O–H groups in total. The lowest BCUT2D eigenvalue weighted by molar-refractivity contribution is 0.300. The monoisotopic (exact) mass is 218 g/mol. The Bertz CT molecular complexity index is 159. The molecule has 0 radical (unpaired) electrons. The van der Waals surface area contributed by atoms with Crippen molar-refractivity contribution in [1.82, 2.24) is 0 Å². The minimum Gasteiger partial charge on any atom is -0.151 e. The Hall–Kier alpha value is 0.440. The van der Waals surface area contributed by atoms with Gasteiger partial charge in [-0.2, -0.15) is 12.6 Å². The van der Waals surface area contributed by atoms with Gasteiger partial charge in [0.15, 0.2) is 0 Å². The van der Waals surface area contributed by atoms with Crippen molar-refractivity contribution < 1.29 is 0 Å². The van der Waals surface area contributed by atoms with Crippen molar-refractivity contribution in [3.63, 3.8) is 0 Å². The summed E-state index contributed by atoms with van der Waals surface area (Å²) in [6.45, 7) is 6.91. The average molecular weight is 218 g/mol. The van der Waals surface area contributed by atoms with Gasteiger partial charge in [-0.15, -0.1) is 12.6 Å². The highest BCUT2D eigenvalue weighted by Gasteiger charge is 2.16. The van der Waals surface area contributed by atoms with Gasteiger partial charge in [-0.05, 0) is 35.0 Å². The predicted molar refractivity (Wildman–Crippen MR) is 68.6 cm³/mol. The van der Waals surface area contributed by atoms with Crippen LogP contribution in [0.15, 0.2) is 10.3 Å². The summed E-state index contributed by atoms with van der Waals surface area (Å²) in [4.78, 5) is 1.09. The first kappa shape index (κ1) is 13.4. The maximum Gasteiger partial charge on any atom is -0.0124 e. The van der Waals surface area contributed by atoms with Crippen molar-refractivity contribution in [3.8, 4) is 0 Å². The molecule has 0 rings (SSSR count). The summed E-state index contributed by atoms with van der Waals surface area (Å²) in [6.07, 6.45) is 6.21. The Morgan fingerprint density at radius 2 is 1.92 bits per heavy atom. The van der Waals surface area contributed by atoms with E-state index in [1.54, 1.807) is 5.41 Å². The quantitative estimate of drug-likeness (QED) is 0.594. The van der Waals surface area contributed by atoms with Gasteiger partial charge in [-0.3, -0.25) is 0 Å². The van der Waals surface area contributed by atoms with E-state index in [0.717, 1.165) is 11.3 Å². The van der Waals surface area contributed by atoms with Crippen LogP contribution in [0, 0.1) is 5.41 Å². The fourth-order valence-electron chi connectivity index (χ4n) is 1.31. The molecule has 0 unspecified atom stereocenters. The van der Waals surface area contributed by atoms with E-state index < -0.39 is 0 Å². The van der Waals surface area contributed by atoms with Crippen molar-refractivity contribution in [2.24, 2.45) is 5.41 Å². The van der Waals surface area contributed by atoms with Gasteiger partial charge in [0.25, 0.3) is 0 Å². The lowest BCUT2D eigenvalue weighted by Crippen LogP contribution is -2.10. The first-order chi connectivity index (χ1) is 6.02. The minimum absolute atomic E-state index is 0.459. The average Bonchev–Trinajstić information content (AvgIpc) is 2.11. The van der Waals surface area contributed by atoms with Crippen molar-refractivity contribution >= 4 is 25.3 Å².